The Bertz CT molecular complexity index is 403. The average Bonchev–Trinajstić information content (AvgIpc) is 2.08. The minimum atomic E-state index is -0.487. The van der Waals surface area contributed by atoms with E-state index in [4.69, 9.17) is 5.21 Å². The molecule has 0 aliphatic carbocycles. The summed E-state index contributed by atoms with van der Waals surface area (Å²) in [5, 5.41) is 8.50. The van der Waals surface area contributed by atoms with Gasteiger partial charge in [-0.3, -0.25) is 24.6 Å². The summed E-state index contributed by atoms with van der Waals surface area (Å²) in [5.74, 6) is 0.0723. The van der Waals surface area contributed by atoms with Crippen LogP contribution in [0.15, 0.2) is 15.7 Å². The third-order valence-corrected chi connectivity index (χ3v) is 1.64. The second-order valence-corrected chi connectivity index (χ2v) is 2.38. The first-order valence-corrected chi connectivity index (χ1v) is 3.25. The van der Waals surface area contributed by atoms with Crippen LogP contribution in [0, 0.1) is 0 Å². The Kier molecular flexibility index (Phi) is 2.01. The maximum atomic E-state index is 11.1. The largest absolute Gasteiger partial charge is 0.332 e. The Morgan fingerprint density at radius 1 is 1.33 bits per heavy atom. The van der Waals surface area contributed by atoms with Crippen molar-refractivity contribution >= 4 is 5.82 Å². The van der Waals surface area contributed by atoms with Crippen molar-refractivity contribution in [1.29, 1.82) is 0 Å². The van der Waals surface area contributed by atoms with E-state index < -0.39 is 11.2 Å². The average molecular weight is 171 g/mol. The first-order chi connectivity index (χ1) is 5.57. The third-order valence-electron chi connectivity index (χ3n) is 1.64. The van der Waals surface area contributed by atoms with E-state index in [0.29, 0.717) is 0 Å². The molecule has 0 bridgehead atoms. The van der Waals surface area contributed by atoms with Gasteiger partial charge in [0, 0.05) is 20.2 Å². The molecule has 0 saturated carbocycles. The van der Waals surface area contributed by atoms with Gasteiger partial charge >= 0.3 is 5.69 Å². The summed E-state index contributed by atoms with van der Waals surface area (Å²) in [6.45, 7) is 0. The zero-order valence-corrected chi connectivity index (χ0v) is 6.74. The normalized spacial score (nSPS) is 9.92. The number of rotatable bonds is 1. The van der Waals surface area contributed by atoms with Crippen molar-refractivity contribution in [3.63, 3.8) is 0 Å². The highest BCUT2D eigenvalue weighted by atomic mass is 16.5. The lowest BCUT2D eigenvalue weighted by Gasteiger charge is -2.06. The minimum absolute atomic E-state index is 0.0723. The summed E-state index contributed by atoms with van der Waals surface area (Å²) in [6, 6.07) is 1.13. The first-order valence-electron chi connectivity index (χ1n) is 3.25. The number of aromatic nitrogens is 2. The maximum absolute atomic E-state index is 11.1. The van der Waals surface area contributed by atoms with Gasteiger partial charge in [0.05, 0.1) is 0 Å². The van der Waals surface area contributed by atoms with Gasteiger partial charge in [-0.05, 0) is 0 Å². The van der Waals surface area contributed by atoms with E-state index in [0.717, 1.165) is 15.2 Å². The molecule has 0 spiro atoms. The zero-order chi connectivity index (χ0) is 9.30. The monoisotopic (exact) mass is 171 g/mol. The molecule has 6 nitrogen and oxygen atoms in total. The van der Waals surface area contributed by atoms with Crippen molar-refractivity contribution in [2.24, 2.45) is 14.1 Å². The molecular weight excluding hydrogens is 162 g/mol. The van der Waals surface area contributed by atoms with Gasteiger partial charge in [0.15, 0.2) is 0 Å². The Morgan fingerprint density at radius 2 is 1.92 bits per heavy atom. The van der Waals surface area contributed by atoms with Gasteiger partial charge in [-0.2, -0.15) is 0 Å². The number of anilines is 1. The molecule has 0 aromatic carbocycles. The van der Waals surface area contributed by atoms with Crippen molar-refractivity contribution in [1.82, 2.24) is 9.13 Å². The molecule has 2 N–H and O–H groups in total. The van der Waals surface area contributed by atoms with Gasteiger partial charge in [-0.15, -0.1) is 0 Å². The first kappa shape index (κ1) is 8.54. The second-order valence-electron chi connectivity index (χ2n) is 2.38. The predicted octanol–water partition coefficient (Wildman–Crippen LogP) is -1.11. The summed E-state index contributed by atoms with van der Waals surface area (Å²) in [6.07, 6.45) is 0. The Hall–Kier alpha value is -1.56. The van der Waals surface area contributed by atoms with Crippen LogP contribution in [-0.2, 0) is 14.1 Å². The molecule has 1 heterocycles. The SMILES string of the molecule is Cn1c(NO)cc(=O)n(C)c1=O. The van der Waals surface area contributed by atoms with Crippen molar-refractivity contribution in [3.05, 3.63) is 26.9 Å². The number of hydrogen-bond acceptors (Lipinski definition) is 4. The van der Waals surface area contributed by atoms with E-state index in [1.165, 1.54) is 14.1 Å². The molecular formula is C6H9N3O3. The van der Waals surface area contributed by atoms with Gasteiger partial charge in [0.2, 0.25) is 0 Å². The highest BCUT2D eigenvalue weighted by Crippen LogP contribution is 1.93. The topological polar surface area (TPSA) is 76.3 Å². The van der Waals surface area contributed by atoms with E-state index >= 15 is 0 Å². The van der Waals surface area contributed by atoms with Gasteiger partial charge < -0.3 is 0 Å². The van der Waals surface area contributed by atoms with E-state index in [1.807, 2.05) is 0 Å². The fourth-order valence-electron chi connectivity index (χ4n) is 0.840. The highest BCUT2D eigenvalue weighted by Gasteiger charge is 2.03. The van der Waals surface area contributed by atoms with Crippen molar-refractivity contribution < 1.29 is 5.21 Å². The summed E-state index contributed by atoms with van der Waals surface area (Å²) in [7, 11) is 2.81. The lowest BCUT2D eigenvalue weighted by Crippen LogP contribution is -2.37. The van der Waals surface area contributed by atoms with Gasteiger partial charge in [0.1, 0.15) is 5.82 Å². The molecule has 1 rings (SSSR count). The smallest absolute Gasteiger partial charge is 0.290 e. The fraction of sp³-hybridized carbons (Fsp3) is 0.333. The van der Waals surface area contributed by atoms with Crippen LogP contribution in [0.1, 0.15) is 0 Å². The van der Waals surface area contributed by atoms with Crippen molar-refractivity contribution in [3.8, 4) is 0 Å². The fourth-order valence-corrected chi connectivity index (χ4v) is 0.840. The van der Waals surface area contributed by atoms with E-state index in [9.17, 15) is 9.59 Å². The van der Waals surface area contributed by atoms with Crippen LogP contribution in [-0.4, -0.2) is 14.3 Å². The molecule has 0 aliphatic rings. The van der Waals surface area contributed by atoms with Crippen LogP contribution < -0.4 is 16.7 Å². The standard InChI is InChI=1S/C6H9N3O3/c1-8-4(7-12)3-5(10)9(2)6(8)11/h3,7,12H,1-2H3. The molecule has 1 aromatic heterocycles. The lowest BCUT2D eigenvalue weighted by molar-refractivity contribution is 0.380. The van der Waals surface area contributed by atoms with Crippen LogP contribution in [0.5, 0.6) is 0 Å². The van der Waals surface area contributed by atoms with Crippen molar-refractivity contribution in [2.45, 2.75) is 0 Å². The number of nitrogens with zero attached hydrogens (tertiary/aromatic N) is 2. The predicted molar refractivity (Wildman–Crippen MR) is 42.3 cm³/mol. The van der Waals surface area contributed by atoms with Crippen LogP contribution in [0.25, 0.3) is 0 Å². The number of nitrogens with one attached hydrogen (secondary N) is 1. The minimum Gasteiger partial charge on any atom is -0.290 e. The van der Waals surface area contributed by atoms with Gasteiger partial charge in [0.25, 0.3) is 5.56 Å². The highest BCUT2D eigenvalue weighted by molar-refractivity contribution is 5.30. The Labute approximate surface area is 67.6 Å². The van der Waals surface area contributed by atoms with Crippen LogP contribution >= 0.6 is 0 Å². The van der Waals surface area contributed by atoms with E-state index in [2.05, 4.69) is 0 Å². The summed E-state index contributed by atoms with van der Waals surface area (Å²) < 4.78 is 2.07. The van der Waals surface area contributed by atoms with Crippen LogP contribution in [0.3, 0.4) is 0 Å². The van der Waals surface area contributed by atoms with Crippen LogP contribution in [0.2, 0.25) is 0 Å². The molecule has 0 radical (unpaired) electrons. The third kappa shape index (κ3) is 1.12. The molecule has 0 aliphatic heterocycles. The molecule has 0 fully saturated rings. The molecule has 0 amide bonds. The molecule has 0 saturated heterocycles. The second kappa shape index (κ2) is 2.82. The summed E-state index contributed by atoms with van der Waals surface area (Å²) in [5.41, 5.74) is 0.803. The van der Waals surface area contributed by atoms with E-state index in [-0.39, 0.29) is 5.82 Å². The number of hydrogen-bond donors (Lipinski definition) is 2. The van der Waals surface area contributed by atoms with Gasteiger partial charge in [-0.1, -0.05) is 0 Å². The molecule has 66 valence electrons. The Morgan fingerprint density at radius 3 is 2.42 bits per heavy atom. The lowest BCUT2D eigenvalue weighted by atomic mass is 10.5. The summed E-state index contributed by atoms with van der Waals surface area (Å²) in [4.78, 5) is 22.1. The molecule has 1 aromatic rings. The molecule has 0 unspecified atom stereocenters. The summed E-state index contributed by atoms with van der Waals surface area (Å²) >= 11 is 0. The van der Waals surface area contributed by atoms with Crippen molar-refractivity contribution in [2.75, 3.05) is 5.48 Å². The van der Waals surface area contributed by atoms with Crippen LogP contribution in [0.4, 0.5) is 5.82 Å². The Balaban J connectivity index is 3.61. The molecule has 0 atom stereocenters. The molecule has 6 heteroatoms. The van der Waals surface area contributed by atoms with E-state index in [1.54, 1.807) is 5.48 Å². The van der Waals surface area contributed by atoms with Gasteiger partial charge in [-0.25, -0.2) is 4.79 Å². The molecule has 12 heavy (non-hydrogen) atoms. The zero-order valence-electron chi connectivity index (χ0n) is 6.74. The maximum Gasteiger partial charge on any atom is 0.332 e. The quantitative estimate of drug-likeness (QED) is 0.525.